The van der Waals surface area contributed by atoms with Crippen LogP contribution in [-0.4, -0.2) is 26.1 Å². The van der Waals surface area contributed by atoms with E-state index in [4.69, 9.17) is 32.5 Å². The third-order valence-electron chi connectivity index (χ3n) is 2.64. The lowest BCUT2D eigenvalue weighted by Crippen LogP contribution is -2.39. The Hall–Kier alpha value is -0.370. The van der Waals surface area contributed by atoms with E-state index < -0.39 is 22.4 Å². The Kier molecular flexibility index (Phi) is 6.04. The third-order valence-corrected chi connectivity index (χ3v) is 3.90. The molecule has 5 nitrogen and oxygen atoms in total. The van der Waals surface area contributed by atoms with Crippen LogP contribution in [0.3, 0.4) is 0 Å². The normalized spacial score (nSPS) is 15.2. The van der Waals surface area contributed by atoms with Crippen molar-refractivity contribution in [3.8, 4) is 0 Å². The molecule has 1 aromatic carbocycles. The molecule has 2 atom stereocenters. The first kappa shape index (κ1) is 16.7. The number of benzene rings is 1. The second-order valence-corrected chi connectivity index (χ2v) is 5.90. The molecule has 0 fully saturated rings. The van der Waals surface area contributed by atoms with Gasteiger partial charge in [-0.25, -0.2) is 0 Å². The topological polar surface area (TPSA) is 75.6 Å². The summed E-state index contributed by atoms with van der Waals surface area (Å²) < 4.78 is 38.2. The Morgan fingerprint density at radius 3 is 2.26 bits per heavy atom. The van der Waals surface area contributed by atoms with Gasteiger partial charge in [-0.1, -0.05) is 36.2 Å². The second kappa shape index (κ2) is 6.88. The smallest absolute Gasteiger partial charge is 0.333 e. The molecule has 0 heterocycles. The van der Waals surface area contributed by atoms with E-state index in [1.807, 2.05) is 0 Å². The molecule has 0 aliphatic heterocycles. The Morgan fingerprint density at radius 1 is 1.37 bits per heavy atom. The molecule has 19 heavy (non-hydrogen) atoms. The molecular weight excluding hydrogens is 313 g/mol. The van der Waals surface area contributed by atoms with Gasteiger partial charge in [0.15, 0.2) is 0 Å². The monoisotopic (exact) mass is 327 g/mol. The molecule has 8 heteroatoms. The number of methoxy groups -OCH3 is 1. The van der Waals surface area contributed by atoms with Gasteiger partial charge in [0.2, 0.25) is 0 Å². The van der Waals surface area contributed by atoms with E-state index in [-0.39, 0.29) is 0 Å². The zero-order valence-electron chi connectivity index (χ0n) is 10.4. The maximum Gasteiger partial charge on any atom is 0.333 e. The van der Waals surface area contributed by atoms with E-state index in [1.165, 1.54) is 7.11 Å². The molecule has 0 aliphatic rings. The van der Waals surface area contributed by atoms with Crippen molar-refractivity contribution in [1.82, 2.24) is 4.72 Å². The van der Waals surface area contributed by atoms with Crippen LogP contribution in [0.4, 0.5) is 0 Å². The van der Waals surface area contributed by atoms with Crippen LogP contribution >= 0.6 is 23.2 Å². The number of rotatable bonds is 6. The molecule has 0 spiro atoms. The van der Waals surface area contributed by atoms with Gasteiger partial charge in [0.1, 0.15) is 6.10 Å². The van der Waals surface area contributed by atoms with Gasteiger partial charge < -0.3 is 4.74 Å². The minimum atomic E-state index is -4.34. The average molecular weight is 328 g/mol. The van der Waals surface area contributed by atoms with E-state index in [0.29, 0.717) is 22.0 Å². The minimum Gasteiger partial charge on any atom is -0.375 e. The number of nitrogens with one attached hydrogen (secondary N) is 1. The maximum absolute atomic E-state index is 10.9. The average Bonchev–Trinajstić information content (AvgIpc) is 2.30. The molecule has 0 aliphatic carbocycles. The number of ether oxygens (including phenoxy) is 1. The lowest BCUT2D eigenvalue weighted by atomic mass is 10.0. The van der Waals surface area contributed by atoms with Crippen LogP contribution in [-0.2, 0) is 15.0 Å². The highest BCUT2D eigenvalue weighted by Gasteiger charge is 2.28. The van der Waals surface area contributed by atoms with Gasteiger partial charge in [-0.05, 0) is 18.6 Å². The van der Waals surface area contributed by atoms with Crippen molar-refractivity contribution in [3.63, 3.8) is 0 Å². The van der Waals surface area contributed by atoms with Crippen LogP contribution in [0.25, 0.3) is 0 Å². The summed E-state index contributed by atoms with van der Waals surface area (Å²) in [4.78, 5) is 0. The molecule has 0 radical (unpaired) electrons. The fraction of sp³-hybridized carbons (Fsp3) is 0.455. The maximum atomic E-state index is 10.9. The summed E-state index contributed by atoms with van der Waals surface area (Å²) in [6, 6.07) is 4.26. The van der Waals surface area contributed by atoms with E-state index in [2.05, 4.69) is 4.72 Å². The van der Waals surface area contributed by atoms with Gasteiger partial charge in [0.05, 0.1) is 6.04 Å². The van der Waals surface area contributed by atoms with Crippen molar-refractivity contribution >= 4 is 33.5 Å². The predicted molar refractivity (Wildman–Crippen MR) is 75.0 cm³/mol. The van der Waals surface area contributed by atoms with Crippen molar-refractivity contribution in [2.24, 2.45) is 0 Å². The molecule has 0 saturated heterocycles. The van der Waals surface area contributed by atoms with Crippen molar-refractivity contribution in [2.45, 2.75) is 25.5 Å². The summed E-state index contributed by atoms with van der Waals surface area (Å²) in [5.41, 5.74) is 0.483. The summed E-state index contributed by atoms with van der Waals surface area (Å²) in [6.07, 6.45) is -0.312. The molecule has 0 unspecified atom stereocenters. The summed E-state index contributed by atoms with van der Waals surface area (Å²) in [7, 11) is -2.93. The van der Waals surface area contributed by atoms with Gasteiger partial charge in [0.25, 0.3) is 0 Å². The standard InChI is InChI=1S/C11H15Cl2NO4S/c1-3-9(14-19(15,16)17)11(18-2)10-7(12)5-4-6-8(10)13/h4-6,9,11,14H,3H2,1-2H3,(H,15,16,17)/t9-,11+/m0/s1. The molecular formula is C11H15Cl2NO4S. The van der Waals surface area contributed by atoms with Crippen LogP contribution in [0.5, 0.6) is 0 Å². The van der Waals surface area contributed by atoms with Crippen LogP contribution in [0.2, 0.25) is 10.0 Å². The SMILES string of the molecule is CC[C@H](NS(=O)(=O)O)[C@@H](OC)c1c(Cl)cccc1Cl. The van der Waals surface area contributed by atoms with Gasteiger partial charge in [-0.15, -0.1) is 0 Å². The van der Waals surface area contributed by atoms with Crippen molar-refractivity contribution in [2.75, 3.05) is 7.11 Å². The van der Waals surface area contributed by atoms with Crippen LogP contribution in [0.15, 0.2) is 18.2 Å². The first-order valence-corrected chi connectivity index (χ1v) is 7.71. The van der Waals surface area contributed by atoms with E-state index in [1.54, 1.807) is 25.1 Å². The zero-order chi connectivity index (χ0) is 14.6. The summed E-state index contributed by atoms with van der Waals surface area (Å²) in [5, 5.41) is 0.741. The minimum absolute atomic E-state index is 0.370. The van der Waals surface area contributed by atoms with Crippen LogP contribution in [0.1, 0.15) is 25.0 Å². The predicted octanol–water partition coefficient (Wildman–Crippen LogP) is 2.85. The van der Waals surface area contributed by atoms with Crippen LogP contribution in [0, 0.1) is 0 Å². The lowest BCUT2D eigenvalue weighted by Gasteiger charge is -2.26. The fourth-order valence-corrected chi connectivity index (χ4v) is 3.10. The largest absolute Gasteiger partial charge is 0.375 e. The second-order valence-electron chi connectivity index (χ2n) is 3.90. The number of halogens is 2. The highest BCUT2D eigenvalue weighted by atomic mass is 35.5. The highest BCUT2D eigenvalue weighted by Crippen LogP contribution is 2.34. The molecule has 2 N–H and O–H groups in total. The van der Waals surface area contributed by atoms with Crippen molar-refractivity contribution in [3.05, 3.63) is 33.8 Å². The first-order valence-electron chi connectivity index (χ1n) is 5.51. The Labute approximate surface area is 122 Å². The first-order chi connectivity index (χ1) is 8.80. The van der Waals surface area contributed by atoms with E-state index in [0.717, 1.165) is 0 Å². The van der Waals surface area contributed by atoms with Gasteiger partial charge in [-0.2, -0.15) is 13.1 Å². The summed E-state index contributed by atoms with van der Waals surface area (Å²) >= 11 is 12.1. The molecule has 0 aromatic heterocycles. The fourth-order valence-electron chi connectivity index (χ4n) is 1.82. The van der Waals surface area contributed by atoms with Crippen molar-refractivity contribution in [1.29, 1.82) is 0 Å². The number of hydrogen-bond donors (Lipinski definition) is 2. The lowest BCUT2D eigenvalue weighted by molar-refractivity contribution is 0.0732. The molecule has 0 saturated carbocycles. The molecule has 108 valence electrons. The van der Waals surface area contributed by atoms with Gasteiger partial charge >= 0.3 is 10.3 Å². The quantitative estimate of drug-likeness (QED) is 0.788. The Morgan fingerprint density at radius 2 is 1.89 bits per heavy atom. The van der Waals surface area contributed by atoms with E-state index >= 15 is 0 Å². The molecule has 0 amide bonds. The molecule has 1 aromatic rings. The summed E-state index contributed by atoms with van der Waals surface area (Å²) in [6.45, 7) is 1.75. The summed E-state index contributed by atoms with van der Waals surface area (Å²) in [5.74, 6) is 0. The zero-order valence-corrected chi connectivity index (χ0v) is 12.8. The van der Waals surface area contributed by atoms with Gasteiger partial charge in [0, 0.05) is 22.7 Å². The highest BCUT2D eigenvalue weighted by molar-refractivity contribution is 7.83. The molecule has 1 rings (SSSR count). The third kappa shape index (κ3) is 4.59. The van der Waals surface area contributed by atoms with Crippen molar-refractivity contribution < 1.29 is 17.7 Å². The van der Waals surface area contributed by atoms with Crippen LogP contribution < -0.4 is 4.72 Å². The Bertz CT molecular complexity index is 515. The Balaban J connectivity index is 3.18. The van der Waals surface area contributed by atoms with E-state index in [9.17, 15) is 8.42 Å². The van der Waals surface area contributed by atoms with Gasteiger partial charge in [-0.3, -0.25) is 4.55 Å². The molecule has 0 bridgehead atoms. The number of hydrogen-bond acceptors (Lipinski definition) is 3.